The highest BCUT2D eigenvalue weighted by Gasteiger charge is 2.61. The van der Waals surface area contributed by atoms with Crippen molar-refractivity contribution in [3.8, 4) is 0 Å². The van der Waals surface area contributed by atoms with Gasteiger partial charge in [0, 0.05) is 25.6 Å². The Labute approximate surface area is 110 Å². The fraction of sp³-hybridized carbons (Fsp3) is 1.00. The van der Waals surface area contributed by atoms with Gasteiger partial charge in [-0.1, -0.05) is 20.8 Å². The van der Waals surface area contributed by atoms with E-state index in [0.29, 0.717) is 36.6 Å². The van der Waals surface area contributed by atoms with Gasteiger partial charge in [0.2, 0.25) is 0 Å². The zero-order valence-electron chi connectivity index (χ0n) is 12.0. The summed E-state index contributed by atoms with van der Waals surface area (Å²) < 4.78 is 5.31. The maximum atomic E-state index is 10.3. The zero-order chi connectivity index (χ0) is 13.0. The largest absolute Gasteiger partial charge is 0.386 e. The van der Waals surface area contributed by atoms with E-state index >= 15 is 0 Å². The Morgan fingerprint density at radius 1 is 1.28 bits per heavy atom. The fourth-order valence-electron chi connectivity index (χ4n) is 4.56. The van der Waals surface area contributed by atoms with E-state index in [1.165, 1.54) is 19.3 Å². The van der Waals surface area contributed by atoms with Crippen LogP contribution < -0.4 is 5.32 Å². The molecule has 3 aliphatic rings. The van der Waals surface area contributed by atoms with Crippen molar-refractivity contribution < 1.29 is 9.84 Å². The number of aliphatic hydroxyl groups is 1. The third-order valence-corrected chi connectivity index (χ3v) is 6.55. The average molecular weight is 253 g/mol. The first-order valence-electron chi connectivity index (χ1n) is 7.41. The molecule has 3 heteroatoms. The Bertz CT molecular complexity index is 335. The second kappa shape index (κ2) is 3.94. The maximum absolute atomic E-state index is 10.3. The molecule has 0 aromatic carbocycles. The molecule has 1 saturated heterocycles. The summed E-state index contributed by atoms with van der Waals surface area (Å²) >= 11 is 0. The number of nitrogens with one attached hydrogen (secondary N) is 1. The van der Waals surface area contributed by atoms with Gasteiger partial charge in [-0.15, -0.1) is 0 Å². The Morgan fingerprint density at radius 3 is 2.56 bits per heavy atom. The molecule has 2 N–H and O–H groups in total. The molecule has 3 rings (SSSR count). The number of rotatable bonds is 3. The van der Waals surface area contributed by atoms with Crippen LogP contribution in [0.5, 0.6) is 0 Å². The normalized spacial score (nSPS) is 50.0. The van der Waals surface area contributed by atoms with Crippen LogP contribution in [-0.2, 0) is 4.74 Å². The molecule has 2 bridgehead atoms. The van der Waals surface area contributed by atoms with Crippen LogP contribution in [0.4, 0.5) is 0 Å². The van der Waals surface area contributed by atoms with Crippen molar-refractivity contribution in [2.75, 3.05) is 19.8 Å². The Morgan fingerprint density at radius 2 is 2.06 bits per heavy atom. The van der Waals surface area contributed by atoms with Crippen molar-refractivity contribution >= 4 is 0 Å². The van der Waals surface area contributed by atoms with Crippen molar-refractivity contribution in [3.63, 3.8) is 0 Å². The van der Waals surface area contributed by atoms with Crippen molar-refractivity contribution in [1.29, 1.82) is 0 Å². The summed E-state index contributed by atoms with van der Waals surface area (Å²) in [7, 11) is 0. The lowest BCUT2D eigenvalue weighted by atomic mass is 9.69. The van der Waals surface area contributed by atoms with Gasteiger partial charge in [0.15, 0.2) is 0 Å². The van der Waals surface area contributed by atoms with Crippen LogP contribution in [-0.4, -0.2) is 36.5 Å². The smallest absolute Gasteiger partial charge is 0.102 e. The van der Waals surface area contributed by atoms with E-state index in [-0.39, 0.29) is 0 Å². The average Bonchev–Trinajstić information content (AvgIpc) is 2.88. The lowest BCUT2D eigenvalue weighted by molar-refractivity contribution is 0.0174. The molecule has 0 spiro atoms. The summed E-state index contributed by atoms with van der Waals surface area (Å²) in [5.74, 6) is 0.856. The van der Waals surface area contributed by atoms with Crippen LogP contribution >= 0.6 is 0 Å². The first kappa shape index (κ1) is 12.9. The summed E-state index contributed by atoms with van der Waals surface area (Å²) in [6, 6.07) is 0.566. The summed E-state index contributed by atoms with van der Waals surface area (Å²) in [6.07, 6.45) is 4.77. The predicted molar refractivity (Wildman–Crippen MR) is 71.4 cm³/mol. The van der Waals surface area contributed by atoms with E-state index in [1.807, 2.05) is 0 Å². The molecule has 3 nitrogen and oxygen atoms in total. The van der Waals surface area contributed by atoms with E-state index in [0.717, 1.165) is 12.3 Å². The Hall–Kier alpha value is -0.120. The first-order valence-corrected chi connectivity index (χ1v) is 7.41. The van der Waals surface area contributed by atoms with Crippen molar-refractivity contribution in [2.45, 2.75) is 58.1 Å². The van der Waals surface area contributed by atoms with E-state index in [9.17, 15) is 5.11 Å². The van der Waals surface area contributed by atoms with Gasteiger partial charge in [-0.25, -0.2) is 0 Å². The minimum absolute atomic E-state index is 0.396. The third kappa shape index (κ3) is 1.67. The minimum atomic E-state index is -0.623. The lowest BCUT2D eigenvalue weighted by Crippen LogP contribution is -2.50. The summed E-state index contributed by atoms with van der Waals surface area (Å²) in [5.41, 5.74) is 0.218. The zero-order valence-corrected chi connectivity index (χ0v) is 12.0. The monoisotopic (exact) mass is 253 g/mol. The number of hydrogen-bond donors (Lipinski definition) is 2. The van der Waals surface area contributed by atoms with Crippen molar-refractivity contribution in [3.05, 3.63) is 0 Å². The van der Waals surface area contributed by atoms with Gasteiger partial charge in [-0.05, 0) is 36.0 Å². The number of ether oxygens (including phenoxy) is 1. The molecule has 2 aliphatic carbocycles. The van der Waals surface area contributed by atoms with Gasteiger partial charge < -0.3 is 15.2 Å². The molecule has 104 valence electrons. The van der Waals surface area contributed by atoms with Crippen molar-refractivity contribution in [2.24, 2.45) is 16.7 Å². The second-order valence-corrected chi connectivity index (χ2v) is 7.57. The van der Waals surface area contributed by atoms with E-state index < -0.39 is 5.60 Å². The Kier molecular flexibility index (Phi) is 2.82. The SMILES string of the molecule is CC1(C)C2CCC1(C)C(NCC1(O)CCOC1)C2. The molecule has 0 radical (unpaired) electrons. The van der Waals surface area contributed by atoms with Crippen LogP contribution in [0.2, 0.25) is 0 Å². The van der Waals surface area contributed by atoms with Crippen LogP contribution in [0.25, 0.3) is 0 Å². The van der Waals surface area contributed by atoms with Gasteiger partial charge in [-0.3, -0.25) is 0 Å². The van der Waals surface area contributed by atoms with E-state index in [4.69, 9.17) is 4.74 Å². The van der Waals surface area contributed by atoms with E-state index in [1.54, 1.807) is 0 Å². The molecule has 0 aromatic heterocycles. The Balaban J connectivity index is 1.65. The van der Waals surface area contributed by atoms with Gasteiger partial charge >= 0.3 is 0 Å². The number of hydrogen-bond acceptors (Lipinski definition) is 3. The minimum Gasteiger partial charge on any atom is -0.386 e. The maximum Gasteiger partial charge on any atom is 0.102 e. The highest BCUT2D eigenvalue weighted by atomic mass is 16.5. The molecular formula is C15H27NO2. The standard InChI is InChI=1S/C15H27NO2/c1-13(2)11-4-5-14(13,3)12(8-11)16-9-15(17)6-7-18-10-15/h11-12,16-17H,4-10H2,1-3H3. The van der Waals surface area contributed by atoms with Crippen LogP contribution in [0.15, 0.2) is 0 Å². The second-order valence-electron chi connectivity index (χ2n) is 7.57. The van der Waals surface area contributed by atoms with Crippen LogP contribution in [0.3, 0.4) is 0 Å². The van der Waals surface area contributed by atoms with Gasteiger partial charge in [-0.2, -0.15) is 0 Å². The lowest BCUT2D eigenvalue weighted by Gasteiger charge is -2.40. The van der Waals surface area contributed by atoms with Gasteiger partial charge in [0.05, 0.1) is 6.61 Å². The predicted octanol–water partition coefficient (Wildman–Crippen LogP) is 1.94. The van der Waals surface area contributed by atoms with Gasteiger partial charge in [0.1, 0.15) is 5.60 Å². The van der Waals surface area contributed by atoms with E-state index in [2.05, 4.69) is 26.1 Å². The number of fused-ring (bicyclic) bond motifs is 2. The quantitative estimate of drug-likeness (QED) is 0.807. The molecule has 0 aromatic rings. The van der Waals surface area contributed by atoms with Crippen LogP contribution in [0, 0.1) is 16.7 Å². The fourth-order valence-corrected chi connectivity index (χ4v) is 4.56. The van der Waals surface area contributed by atoms with Crippen molar-refractivity contribution in [1.82, 2.24) is 5.32 Å². The molecule has 1 heterocycles. The van der Waals surface area contributed by atoms with Crippen LogP contribution in [0.1, 0.15) is 46.5 Å². The molecule has 18 heavy (non-hydrogen) atoms. The molecule has 2 saturated carbocycles. The highest BCUT2D eigenvalue weighted by molar-refractivity contribution is 5.13. The molecule has 0 amide bonds. The highest BCUT2D eigenvalue weighted by Crippen LogP contribution is 2.65. The summed E-state index contributed by atoms with van der Waals surface area (Å²) in [6.45, 7) is 9.19. The summed E-state index contributed by atoms with van der Waals surface area (Å²) in [4.78, 5) is 0. The topological polar surface area (TPSA) is 41.5 Å². The molecule has 1 aliphatic heterocycles. The molecule has 4 atom stereocenters. The first-order chi connectivity index (χ1) is 8.37. The summed E-state index contributed by atoms with van der Waals surface area (Å²) in [5, 5.41) is 14.0. The van der Waals surface area contributed by atoms with Gasteiger partial charge in [0.25, 0.3) is 0 Å². The molecule has 4 unspecified atom stereocenters. The molecule has 3 fully saturated rings. The third-order valence-electron chi connectivity index (χ3n) is 6.55. The molecular weight excluding hydrogens is 226 g/mol.